The lowest BCUT2D eigenvalue weighted by Gasteiger charge is -2.33. The lowest BCUT2D eigenvalue weighted by molar-refractivity contribution is -0.385. The zero-order valence-electron chi connectivity index (χ0n) is 11.7. The molecule has 4 rings (SSSR count). The van der Waals surface area contributed by atoms with Gasteiger partial charge in [0.25, 0.3) is 11.6 Å². The maximum absolute atomic E-state index is 12.6. The fraction of sp³-hybridized carbons (Fsp3) is 0.188. The second-order valence-electron chi connectivity index (χ2n) is 5.45. The molecule has 1 unspecified atom stereocenters. The number of hydrogen-bond acceptors (Lipinski definition) is 4. The Balaban J connectivity index is 1.97. The topological polar surface area (TPSA) is 75.5 Å². The number of nitro benzene ring substituents is 1. The van der Waals surface area contributed by atoms with Crippen LogP contribution in [0, 0.1) is 10.1 Å². The van der Waals surface area contributed by atoms with Crippen LogP contribution in [-0.4, -0.2) is 28.8 Å². The second kappa shape index (κ2) is 4.38. The van der Waals surface area contributed by atoms with E-state index in [1.54, 1.807) is 23.1 Å². The molecule has 1 saturated heterocycles. The summed E-state index contributed by atoms with van der Waals surface area (Å²) < 4.78 is 0. The van der Waals surface area contributed by atoms with Crippen molar-refractivity contribution < 1.29 is 9.72 Å². The molecule has 1 amide bonds. The Kier molecular flexibility index (Phi) is 2.58. The fourth-order valence-electron chi connectivity index (χ4n) is 3.49. The average molecular weight is 295 g/mol. The first-order valence-corrected chi connectivity index (χ1v) is 7.06. The van der Waals surface area contributed by atoms with Crippen LogP contribution in [0.4, 0.5) is 5.69 Å². The molecule has 0 aromatic heterocycles. The van der Waals surface area contributed by atoms with Crippen molar-refractivity contribution in [3.05, 3.63) is 75.3 Å². The van der Waals surface area contributed by atoms with Gasteiger partial charge in [0.2, 0.25) is 0 Å². The lowest BCUT2D eigenvalue weighted by atomic mass is 9.91. The number of nitrogens with one attached hydrogen (secondary N) is 1. The second-order valence-corrected chi connectivity index (χ2v) is 5.45. The van der Waals surface area contributed by atoms with E-state index in [0.29, 0.717) is 18.7 Å². The highest BCUT2D eigenvalue weighted by Crippen LogP contribution is 2.44. The maximum Gasteiger partial charge on any atom is 0.269 e. The van der Waals surface area contributed by atoms with Crippen LogP contribution in [0.5, 0.6) is 0 Å². The Morgan fingerprint density at radius 3 is 2.82 bits per heavy atom. The van der Waals surface area contributed by atoms with Crippen LogP contribution in [0.3, 0.4) is 0 Å². The van der Waals surface area contributed by atoms with Crippen molar-refractivity contribution in [1.82, 2.24) is 10.2 Å². The van der Waals surface area contributed by atoms with Crippen molar-refractivity contribution in [3.8, 4) is 0 Å². The molecule has 0 spiro atoms. The Morgan fingerprint density at radius 1 is 1.18 bits per heavy atom. The van der Waals surface area contributed by atoms with Crippen molar-refractivity contribution in [1.29, 1.82) is 0 Å². The van der Waals surface area contributed by atoms with Gasteiger partial charge in [-0.05, 0) is 6.07 Å². The highest BCUT2D eigenvalue weighted by molar-refractivity contribution is 6.01. The van der Waals surface area contributed by atoms with Crippen LogP contribution in [0.15, 0.2) is 48.5 Å². The lowest BCUT2D eigenvalue weighted by Crippen LogP contribution is -2.46. The molecule has 2 aromatic carbocycles. The van der Waals surface area contributed by atoms with E-state index in [2.05, 4.69) is 5.32 Å². The summed E-state index contributed by atoms with van der Waals surface area (Å²) in [5.74, 6) is -0.0351. The molecular formula is C16H13N3O3. The number of nitrogens with zero attached hydrogens (tertiary/aromatic N) is 2. The Bertz CT molecular complexity index is 805. The maximum atomic E-state index is 12.6. The molecule has 1 fully saturated rings. The van der Waals surface area contributed by atoms with Crippen LogP contribution in [0.25, 0.3) is 0 Å². The molecule has 1 N–H and O–H groups in total. The number of benzene rings is 2. The normalized spacial score (nSPS) is 22.5. The molecule has 6 nitrogen and oxygen atoms in total. The Hall–Kier alpha value is -2.73. The molecule has 2 aromatic rings. The number of amides is 1. The van der Waals surface area contributed by atoms with Gasteiger partial charge in [-0.2, -0.15) is 0 Å². The smallest absolute Gasteiger partial charge is 0.269 e. The standard InChI is InChI=1S/C16H13N3O3/c20-15-13-6-1-2-7-14(13)16(17-8-9-18(15)16)11-4-3-5-12(10-11)19(21)22/h1-7,10,17H,8-9H2. The number of nitro groups is 1. The van der Waals surface area contributed by atoms with E-state index >= 15 is 0 Å². The Morgan fingerprint density at radius 2 is 2.00 bits per heavy atom. The van der Waals surface area contributed by atoms with Gasteiger partial charge in [0.1, 0.15) is 5.66 Å². The molecule has 2 aliphatic rings. The van der Waals surface area contributed by atoms with E-state index in [-0.39, 0.29) is 11.6 Å². The molecule has 0 bridgehead atoms. The van der Waals surface area contributed by atoms with Crippen molar-refractivity contribution >= 4 is 11.6 Å². The number of carbonyl (C=O) groups excluding carboxylic acids is 1. The van der Waals surface area contributed by atoms with Gasteiger partial charge in [-0.25, -0.2) is 0 Å². The molecule has 22 heavy (non-hydrogen) atoms. The van der Waals surface area contributed by atoms with Gasteiger partial charge in [-0.3, -0.25) is 20.2 Å². The molecule has 110 valence electrons. The van der Waals surface area contributed by atoms with Crippen molar-refractivity contribution in [2.24, 2.45) is 0 Å². The molecule has 0 radical (unpaired) electrons. The number of fused-ring (bicyclic) bond motifs is 3. The SMILES string of the molecule is O=C1c2ccccc2C2(c3cccc([N+](=O)[O-])c3)NCCN12. The minimum absolute atomic E-state index is 0.0253. The van der Waals surface area contributed by atoms with Crippen molar-refractivity contribution in [3.63, 3.8) is 0 Å². The molecule has 6 heteroatoms. The van der Waals surface area contributed by atoms with Crippen LogP contribution in [0.1, 0.15) is 21.5 Å². The van der Waals surface area contributed by atoms with E-state index in [1.807, 2.05) is 24.3 Å². The van der Waals surface area contributed by atoms with Gasteiger partial charge >= 0.3 is 0 Å². The monoisotopic (exact) mass is 295 g/mol. The van der Waals surface area contributed by atoms with E-state index in [1.165, 1.54) is 6.07 Å². The minimum Gasteiger partial charge on any atom is -0.311 e. The predicted octanol–water partition coefficient (Wildman–Crippen LogP) is 1.85. The van der Waals surface area contributed by atoms with Gasteiger partial charge < -0.3 is 4.90 Å². The quantitative estimate of drug-likeness (QED) is 0.677. The highest BCUT2D eigenvalue weighted by Gasteiger charge is 2.53. The van der Waals surface area contributed by atoms with Gasteiger partial charge in [0.15, 0.2) is 0 Å². The van der Waals surface area contributed by atoms with Crippen LogP contribution >= 0.6 is 0 Å². The van der Waals surface area contributed by atoms with Crippen molar-refractivity contribution in [2.45, 2.75) is 5.66 Å². The fourth-order valence-corrected chi connectivity index (χ4v) is 3.49. The first-order valence-electron chi connectivity index (χ1n) is 7.06. The summed E-state index contributed by atoms with van der Waals surface area (Å²) in [5, 5.41) is 14.5. The highest BCUT2D eigenvalue weighted by atomic mass is 16.6. The molecule has 1 atom stereocenters. The van der Waals surface area contributed by atoms with E-state index in [9.17, 15) is 14.9 Å². The first-order chi connectivity index (χ1) is 10.6. The molecule has 2 aliphatic heterocycles. The van der Waals surface area contributed by atoms with Crippen LogP contribution in [-0.2, 0) is 5.66 Å². The third-order valence-electron chi connectivity index (χ3n) is 4.39. The summed E-state index contributed by atoms with van der Waals surface area (Å²) in [6, 6.07) is 13.9. The first kappa shape index (κ1) is 13.0. The van der Waals surface area contributed by atoms with E-state index in [4.69, 9.17) is 0 Å². The molecular weight excluding hydrogens is 282 g/mol. The van der Waals surface area contributed by atoms with Gasteiger partial charge in [0.05, 0.1) is 4.92 Å². The number of carbonyl (C=O) groups is 1. The average Bonchev–Trinajstić information content (AvgIpc) is 3.08. The van der Waals surface area contributed by atoms with E-state index in [0.717, 1.165) is 11.1 Å². The van der Waals surface area contributed by atoms with Gasteiger partial charge in [0, 0.05) is 41.9 Å². The summed E-state index contributed by atoms with van der Waals surface area (Å²) in [6.07, 6.45) is 0. The summed E-state index contributed by atoms with van der Waals surface area (Å²) in [6.45, 7) is 1.24. The summed E-state index contributed by atoms with van der Waals surface area (Å²) in [7, 11) is 0. The third-order valence-corrected chi connectivity index (χ3v) is 4.39. The summed E-state index contributed by atoms with van der Waals surface area (Å²) in [5.41, 5.74) is 1.47. The number of non-ortho nitro benzene ring substituents is 1. The van der Waals surface area contributed by atoms with Crippen LogP contribution < -0.4 is 5.32 Å². The van der Waals surface area contributed by atoms with Gasteiger partial charge in [-0.15, -0.1) is 0 Å². The predicted molar refractivity (Wildman–Crippen MR) is 79.4 cm³/mol. The number of rotatable bonds is 2. The van der Waals surface area contributed by atoms with Crippen LogP contribution in [0.2, 0.25) is 0 Å². The molecule has 2 heterocycles. The Labute approximate surface area is 126 Å². The van der Waals surface area contributed by atoms with Crippen molar-refractivity contribution in [2.75, 3.05) is 13.1 Å². The molecule has 0 saturated carbocycles. The zero-order valence-corrected chi connectivity index (χ0v) is 11.7. The minimum atomic E-state index is -0.792. The van der Waals surface area contributed by atoms with E-state index < -0.39 is 10.6 Å². The zero-order chi connectivity index (χ0) is 15.3. The summed E-state index contributed by atoms with van der Waals surface area (Å²) in [4.78, 5) is 25.0. The third kappa shape index (κ3) is 1.50. The van der Waals surface area contributed by atoms with Gasteiger partial charge in [-0.1, -0.05) is 30.3 Å². The largest absolute Gasteiger partial charge is 0.311 e. The summed E-state index contributed by atoms with van der Waals surface area (Å²) >= 11 is 0. The number of hydrogen-bond donors (Lipinski definition) is 1. The molecule has 0 aliphatic carbocycles.